The Morgan fingerprint density at radius 2 is 2.00 bits per heavy atom. The Morgan fingerprint density at radius 3 is 2.59 bits per heavy atom. The van der Waals surface area contributed by atoms with Crippen molar-refractivity contribution in [2.24, 2.45) is 5.92 Å². The van der Waals surface area contributed by atoms with Crippen LogP contribution >= 0.6 is 0 Å². The van der Waals surface area contributed by atoms with Crippen LogP contribution in [0.25, 0.3) is 0 Å². The standard InChI is InChI=1S/C13H26N4/c1-6-14-12(5)7-11(4)8-13-15-9-16-17(13)10(2)3/h9-12,14H,6-8H2,1-5H3. The van der Waals surface area contributed by atoms with Crippen molar-refractivity contribution >= 4 is 0 Å². The zero-order valence-electron chi connectivity index (χ0n) is 11.8. The molecule has 0 bridgehead atoms. The minimum absolute atomic E-state index is 0.394. The van der Waals surface area contributed by atoms with Crippen molar-refractivity contribution < 1.29 is 0 Å². The molecule has 1 aromatic heterocycles. The third-order valence-electron chi connectivity index (χ3n) is 2.98. The van der Waals surface area contributed by atoms with E-state index in [2.05, 4.69) is 50.0 Å². The molecule has 4 heteroatoms. The Bertz CT molecular complexity index is 319. The van der Waals surface area contributed by atoms with Gasteiger partial charge < -0.3 is 5.32 Å². The molecule has 98 valence electrons. The smallest absolute Gasteiger partial charge is 0.138 e. The maximum absolute atomic E-state index is 4.36. The van der Waals surface area contributed by atoms with E-state index in [9.17, 15) is 0 Å². The lowest BCUT2D eigenvalue weighted by Gasteiger charge is -2.18. The summed E-state index contributed by atoms with van der Waals surface area (Å²) in [4.78, 5) is 4.36. The van der Waals surface area contributed by atoms with E-state index in [1.807, 2.05) is 4.68 Å². The molecule has 2 unspecified atom stereocenters. The predicted molar refractivity (Wildman–Crippen MR) is 71.0 cm³/mol. The average Bonchev–Trinajstić information content (AvgIpc) is 2.65. The molecule has 17 heavy (non-hydrogen) atoms. The van der Waals surface area contributed by atoms with Crippen molar-refractivity contribution in [2.45, 2.75) is 59.5 Å². The monoisotopic (exact) mass is 238 g/mol. The van der Waals surface area contributed by atoms with Crippen molar-refractivity contribution in [1.82, 2.24) is 20.1 Å². The van der Waals surface area contributed by atoms with Gasteiger partial charge in [-0.25, -0.2) is 9.67 Å². The molecule has 0 aliphatic carbocycles. The molecule has 0 fully saturated rings. The first-order chi connectivity index (χ1) is 8.04. The molecule has 0 aliphatic heterocycles. The molecule has 2 atom stereocenters. The van der Waals surface area contributed by atoms with Gasteiger partial charge in [0.15, 0.2) is 0 Å². The molecule has 0 radical (unpaired) electrons. The van der Waals surface area contributed by atoms with Gasteiger partial charge in [0.25, 0.3) is 0 Å². The summed E-state index contributed by atoms with van der Waals surface area (Å²) in [6.45, 7) is 12.0. The van der Waals surface area contributed by atoms with Crippen LogP contribution in [0, 0.1) is 5.92 Å². The van der Waals surface area contributed by atoms with E-state index in [1.165, 1.54) is 6.42 Å². The summed E-state index contributed by atoms with van der Waals surface area (Å²) in [5.74, 6) is 1.74. The number of hydrogen-bond donors (Lipinski definition) is 1. The molecule has 0 spiro atoms. The zero-order valence-corrected chi connectivity index (χ0v) is 11.8. The fourth-order valence-corrected chi connectivity index (χ4v) is 2.28. The molecule has 0 saturated carbocycles. The van der Waals surface area contributed by atoms with Crippen LogP contribution in [0.3, 0.4) is 0 Å². The number of rotatable bonds is 7. The fraction of sp³-hybridized carbons (Fsp3) is 0.846. The maximum atomic E-state index is 4.36. The van der Waals surface area contributed by atoms with E-state index >= 15 is 0 Å². The van der Waals surface area contributed by atoms with E-state index in [4.69, 9.17) is 0 Å². The third-order valence-corrected chi connectivity index (χ3v) is 2.98. The minimum Gasteiger partial charge on any atom is -0.315 e. The molecule has 1 N–H and O–H groups in total. The summed E-state index contributed by atoms with van der Waals surface area (Å²) in [7, 11) is 0. The van der Waals surface area contributed by atoms with Gasteiger partial charge >= 0.3 is 0 Å². The largest absolute Gasteiger partial charge is 0.315 e. The quantitative estimate of drug-likeness (QED) is 0.793. The van der Waals surface area contributed by atoms with Crippen molar-refractivity contribution in [3.8, 4) is 0 Å². The van der Waals surface area contributed by atoms with Gasteiger partial charge in [-0.15, -0.1) is 0 Å². The Labute approximate surface area is 105 Å². The highest BCUT2D eigenvalue weighted by Crippen LogP contribution is 2.14. The SMILES string of the molecule is CCNC(C)CC(C)Cc1ncnn1C(C)C. The zero-order chi connectivity index (χ0) is 12.8. The lowest BCUT2D eigenvalue weighted by atomic mass is 9.99. The summed E-state index contributed by atoms with van der Waals surface area (Å²) >= 11 is 0. The first kappa shape index (κ1) is 14.2. The second-order valence-corrected chi connectivity index (χ2v) is 5.22. The van der Waals surface area contributed by atoms with Crippen LogP contribution in [0.1, 0.15) is 52.9 Å². The van der Waals surface area contributed by atoms with Crippen molar-refractivity contribution in [2.75, 3.05) is 6.54 Å². The number of nitrogens with zero attached hydrogens (tertiary/aromatic N) is 3. The van der Waals surface area contributed by atoms with Gasteiger partial charge in [-0.2, -0.15) is 5.10 Å². The van der Waals surface area contributed by atoms with Gasteiger partial charge in [-0.1, -0.05) is 13.8 Å². The van der Waals surface area contributed by atoms with Crippen LogP contribution in [0.15, 0.2) is 6.33 Å². The van der Waals surface area contributed by atoms with Crippen LogP contribution < -0.4 is 5.32 Å². The molecule has 0 aromatic carbocycles. The first-order valence-corrected chi connectivity index (χ1v) is 6.66. The highest BCUT2D eigenvalue weighted by Gasteiger charge is 2.13. The summed E-state index contributed by atoms with van der Waals surface area (Å²) in [6, 6.07) is 0.969. The second kappa shape index (κ2) is 6.74. The lowest BCUT2D eigenvalue weighted by Crippen LogP contribution is -2.28. The highest BCUT2D eigenvalue weighted by molar-refractivity contribution is 4.88. The Kier molecular flexibility index (Phi) is 5.62. The predicted octanol–water partition coefficient (Wildman–Crippen LogP) is 2.43. The number of aromatic nitrogens is 3. The van der Waals surface area contributed by atoms with E-state index < -0.39 is 0 Å². The average molecular weight is 238 g/mol. The summed E-state index contributed by atoms with van der Waals surface area (Å²) in [5.41, 5.74) is 0. The molecular weight excluding hydrogens is 212 g/mol. The Hall–Kier alpha value is -0.900. The van der Waals surface area contributed by atoms with Gasteiger partial charge in [-0.05, 0) is 39.7 Å². The number of nitrogens with one attached hydrogen (secondary N) is 1. The molecule has 1 rings (SSSR count). The van der Waals surface area contributed by atoms with E-state index in [-0.39, 0.29) is 0 Å². The molecule has 0 saturated heterocycles. The fourth-order valence-electron chi connectivity index (χ4n) is 2.28. The van der Waals surface area contributed by atoms with Gasteiger partial charge in [0.05, 0.1) is 0 Å². The van der Waals surface area contributed by atoms with Crippen LogP contribution in [0.4, 0.5) is 0 Å². The van der Waals surface area contributed by atoms with Gasteiger partial charge in [0.2, 0.25) is 0 Å². The highest BCUT2D eigenvalue weighted by atomic mass is 15.3. The van der Waals surface area contributed by atoms with Crippen molar-refractivity contribution in [1.29, 1.82) is 0 Å². The molecular formula is C13H26N4. The lowest BCUT2D eigenvalue weighted by molar-refractivity contribution is 0.404. The van der Waals surface area contributed by atoms with Gasteiger partial charge in [0.1, 0.15) is 12.2 Å². The molecule has 4 nitrogen and oxygen atoms in total. The number of hydrogen-bond acceptors (Lipinski definition) is 3. The van der Waals surface area contributed by atoms with Crippen LogP contribution in [-0.2, 0) is 6.42 Å². The summed E-state index contributed by atoms with van der Waals surface area (Å²) in [6.07, 6.45) is 3.85. The van der Waals surface area contributed by atoms with Crippen LogP contribution in [0.5, 0.6) is 0 Å². The van der Waals surface area contributed by atoms with Crippen molar-refractivity contribution in [3.63, 3.8) is 0 Å². The molecule has 1 aromatic rings. The molecule has 1 heterocycles. The third kappa shape index (κ3) is 4.46. The topological polar surface area (TPSA) is 42.7 Å². The Morgan fingerprint density at radius 1 is 1.29 bits per heavy atom. The van der Waals surface area contributed by atoms with Crippen molar-refractivity contribution in [3.05, 3.63) is 12.2 Å². The van der Waals surface area contributed by atoms with E-state index in [0.717, 1.165) is 18.8 Å². The second-order valence-electron chi connectivity index (χ2n) is 5.22. The first-order valence-electron chi connectivity index (χ1n) is 6.66. The van der Waals surface area contributed by atoms with E-state index in [0.29, 0.717) is 18.0 Å². The van der Waals surface area contributed by atoms with Crippen LogP contribution in [0.2, 0.25) is 0 Å². The Balaban J connectivity index is 2.50. The van der Waals surface area contributed by atoms with Gasteiger partial charge in [-0.3, -0.25) is 0 Å². The minimum atomic E-state index is 0.394. The molecule has 0 amide bonds. The maximum Gasteiger partial charge on any atom is 0.138 e. The summed E-state index contributed by atoms with van der Waals surface area (Å²) in [5, 5.41) is 7.72. The van der Waals surface area contributed by atoms with Crippen LogP contribution in [-0.4, -0.2) is 27.4 Å². The molecule has 0 aliphatic rings. The van der Waals surface area contributed by atoms with E-state index in [1.54, 1.807) is 6.33 Å². The van der Waals surface area contributed by atoms with Gasteiger partial charge in [0, 0.05) is 18.5 Å². The summed E-state index contributed by atoms with van der Waals surface area (Å²) < 4.78 is 2.02. The normalized spacial score (nSPS) is 15.2.